The zero-order valence-electron chi connectivity index (χ0n) is 18.2. The number of nitrogens with zero attached hydrogens (tertiary/aromatic N) is 2. The molecule has 0 aromatic rings. The minimum absolute atomic E-state index is 0.0821. The van der Waals surface area contributed by atoms with E-state index in [9.17, 15) is 26.4 Å². The lowest BCUT2D eigenvalue weighted by Crippen LogP contribution is -2.67. The summed E-state index contributed by atoms with van der Waals surface area (Å²) in [4.78, 5) is 25.8. The standard InChI is InChI=1S/C18H32N2O3S.C2HF3O2/c1-15-4-6-16(7-5-15)12-19-9-3-8-18(13-19)14-20(17(18)21)10-11-24(2,22)23;3-2(4,5)1(6)7/h15-16H,3-14H2,1-2H3;(H,6,7). The van der Waals surface area contributed by atoms with E-state index in [4.69, 9.17) is 9.90 Å². The highest BCUT2D eigenvalue weighted by Gasteiger charge is 2.53. The van der Waals surface area contributed by atoms with Crippen LogP contribution in [-0.2, 0) is 19.4 Å². The normalized spacial score (nSPS) is 29.8. The number of carbonyl (C=O) groups excluding carboxylic acids is 1. The maximum atomic E-state index is 12.6. The number of sulfone groups is 1. The van der Waals surface area contributed by atoms with Gasteiger partial charge in [0.25, 0.3) is 0 Å². The molecule has 1 amide bonds. The van der Waals surface area contributed by atoms with Crippen LogP contribution in [0.1, 0.15) is 45.4 Å². The fourth-order valence-electron chi connectivity index (χ4n) is 4.77. The van der Waals surface area contributed by atoms with Gasteiger partial charge in [0, 0.05) is 32.4 Å². The van der Waals surface area contributed by atoms with E-state index in [1.807, 2.05) is 0 Å². The third kappa shape index (κ3) is 7.62. The van der Waals surface area contributed by atoms with Gasteiger partial charge in [-0.05, 0) is 44.1 Å². The van der Waals surface area contributed by atoms with Gasteiger partial charge < -0.3 is 14.9 Å². The zero-order valence-corrected chi connectivity index (χ0v) is 19.0. The van der Waals surface area contributed by atoms with Crippen molar-refractivity contribution in [2.75, 3.05) is 44.7 Å². The highest BCUT2D eigenvalue weighted by Crippen LogP contribution is 2.41. The first-order chi connectivity index (χ1) is 14.2. The largest absolute Gasteiger partial charge is 0.490 e. The van der Waals surface area contributed by atoms with Gasteiger partial charge in [0.05, 0.1) is 11.2 Å². The molecule has 2 saturated heterocycles. The van der Waals surface area contributed by atoms with Gasteiger partial charge in [0.1, 0.15) is 9.84 Å². The fourth-order valence-corrected chi connectivity index (χ4v) is 5.32. The molecule has 2 heterocycles. The van der Waals surface area contributed by atoms with Crippen molar-refractivity contribution >= 4 is 21.7 Å². The molecule has 3 fully saturated rings. The second-order valence-electron chi connectivity index (χ2n) is 9.40. The van der Waals surface area contributed by atoms with Crippen molar-refractivity contribution in [3.05, 3.63) is 0 Å². The van der Waals surface area contributed by atoms with Crippen LogP contribution in [0.15, 0.2) is 0 Å². The second-order valence-corrected chi connectivity index (χ2v) is 11.7. The Morgan fingerprint density at radius 1 is 1.19 bits per heavy atom. The molecule has 11 heteroatoms. The molecule has 7 nitrogen and oxygen atoms in total. The first-order valence-electron chi connectivity index (χ1n) is 10.7. The molecule has 1 aliphatic carbocycles. The van der Waals surface area contributed by atoms with Crippen molar-refractivity contribution in [2.24, 2.45) is 17.3 Å². The number of rotatable bonds is 5. The van der Waals surface area contributed by atoms with E-state index in [2.05, 4.69) is 11.8 Å². The van der Waals surface area contributed by atoms with Crippen LogP contribution in [0.25, 0.3) is 0 Å². The van der Waals surface area contributed by atoms with Crippen LogP contribution < -0.4 is 0 Å². The lowest BCUT2D eigenvalue weighted by molar-refractivity contribution is -0.192. The number of piperidine rings is 1. The van der Waals surface area contributed by atoms with Crippen LogP contribution in [0.2, 0.25) is 0 Å². The molecule has 180 valence electrons. The van der Waals surface area contributed by atoms with Crippen molar-refractivity contribution < 1.29 is 36.3 Å². The number of carboxylic acid groups (broad SMARTS) is 1. The number of amides is 1. The average Bonchev–Trinajstić information content (AvgIpc) is 2.66. The summed E-state index contributed by atoms with van der Waals surface area (Å²) in [7, 11) is -3.00. The summed E-state index contributed by atoms with van der Waals surface area (Å²) < 4.78 is 54.3. The van der Waals surface area contributed by atoms with Crippen LogP contribution in [0.3, 0.4) is 0 Å². The minimum Gasteiger partial charge on any atom is -0.475 e. The topological polar surface area (TPSA) is 95.0 Å². The number of carboxylic acids is 1. The van der Waals surface area contributed by atoms with Crippen molar-refractivity contribution in [3.8, 4) is 0 Å². The Bertz CT molecular complexity index is 750. The van der Waals surface area contributed by atoms with E-state index in [0.717, 1.165) is 50.9 Å². The quantitative estimate of drug-likeness (QED) is 0.620. The van der Waals surface area contributed by atoms with Crippen molar-refractivity contribution in [2.45, 2.75) is 51.6 Å². The summed E-state index contributed by atoms with van der Waals surface area (Å²) >= 11 is 0. The average molecular weight is 471 g/mol. The lowest BCUT2D eigenvalue weighted by Gasteiger charge is -2.53. The summed E-state index contributed by atoms with van der Waals surface area (Å²) in [6, 6.07) is 0. The summed E-state index contributed by atoms with van der Waals surface area (Å²) in [6.07, 6.45) is 3.58. The Morgan fingerprint density at radius 3 is 2.26 bits per heavy atom. The molecule has 0 bridgehead atoms. The molecular weight excluding hydrogens is 437 g/mol. The predicted octanol–water partition coefficient (Wildman–Crippen LogP) is 2.42. The Balaban J connectivity index is 0.000000423. The maximum absolute atomic E-state index is 12.6. The van der Waals surface area contributed by atoms with E-state index in [-0.39, 0.29) is 17.1 Å². The molecule has 1 unspecified atom stereocenters. The number of aliphatic carboxylic acids is 1. The van der Waals surface area contributed by atoms with Crippen LogP contribution >= 0.6 is 0 Å². The monoisotopic (exact) mass is 470 g/mol. The van der Waals surface area contributed by atoms with Gasteiger partial charge in [-0.3, -0.25) is 4.79 Å². The van der Waals surface area contributed by atoms with E-state index in [0.29, 0.717) is 6.54 Å². The molecule has 3 aliphatic rings. The Kier molecular flexibility index (Phi) is 8.40. The smallest absolute Gasteiger partial charge is 0.475 e. The molecule has 31 heavy (non-hydrogen) atoms. The Labute approximate surface area is 181 Å². The van der Waals surface area contributed by atoms with Gasteiger partial charge in [0.2, 0.25) is 5.91 Å². The van der Waals surface area contributed by atoms with Gasteiger partial charge in [-0.2, -0.15) is 13.2 Å². The number of likely N-dealkylation sites (tertiary alicyclic amines) is 2. The third-order valence-corrected chi connectivity index (χ3v) is 7.44. The van der Waals surface area contributed by atoms with Gasteiger partial charge in [-0.15, -0.1) is 0 Å². The van der Waals surface area contributed by atoms with Crippen molar-refractivity contribution in [3.63, 3.8) is 0 Å². The van der Waals surface area contributed by atoms with Crippen LogP contribution in [-0.4, -0.2) is 86.1 Å². The molecule has 0 radical (unpaired) electrons. The van der Waals surface area contributed by atoms with Gasteiger partial charge in [0.15, 0.2) is 0 Å². The predicted molar refractivity (Wildman–Crippen MR) is 109 cm³/mol. The second kappa shape index (κ2) is 10.1. The van der Waals surface area contributed by atoms with Crippen LogP contribution in [0.4, 0.5) is 13.2 Å². The van der Waals surface area contributed by atoms with Crippen LogP contribution in [0, 0.1) is 17.3 Å². The third-order valence-electron chi connectivity index (χ3n) is 6.52. The highest BCUT2D eigenvalue weighted by molar-refractivity contribution is 7.90. The number of halogens is 3. The zero-order chi connectivity index (χ0) is 23.4. The van der Waals surface area contributed by atoms with Gasteiger partial charge >= 0.3 is 12.1 Å². The van der Waals surface area contributed by atoms with Crippen molar-refractivity contribution in [1.29, 1.82) is 0 Å². The summed E-state index contributed by atoms with van der Waals surface area (Å²) in [5.74, 6) is -0.808. The molecule has 2 aliphatic heterocycles. The number of hydrogen-bond acceptors (Lipinski definition) is 5. The summed E-state index contributed by atoms with van der Waals surface area (Å²) in [5.41, 5.74) is -0.211. The SMILES string of the molecule is CC1CCC(CN2CCCC3(C2)CN(CCS(C)(=O)=O)C3=O)CC1.O=C(O)C(F)(F)F. The first-order valence-corrected chi connectivity index (χ1v) is 12.8. The van der Waals surface area contributed by atoms with E-state index in [1.165, 1.54) is 31.9 Å². The molecule has 1 saturated carbocycles. The number of β-lactam (4-membered cyclic amide) rings is 1. The van der Waals surface area contributed by atoms with E-state index < -0.39 is 22.0 Å². The van der Waals surface area contributed by atoms with E-state index in [1.54, 1.807) is 4.90 Å². The van der Waals surface area contributed by atoms with Gasteiger partial charge in [-0.1, -0.05) is 19.8 Å². The van der Waals surface area contributed by atoms with Gasteiger partial charge in [-0.25, -0.2) is 13.2 Å². The minimum atomic E-state index is -5.08. The summed E-state index contributed by atoms with van der Waals surface area (Å²) in [5, 5.41) is 7.12. The molecule has 3 rings (SSSR count). The molecule has 0 aromatic carbocycles. The van der Waals surface area contributed by atoms with Crippen molar-refractivity contribution in [1.82, 2.24) is 9.80 Å². The molecule has 1 atom stereocenters. The number of carbonyl (C=O) groups is 2. The van der Waals surface area contributed by atoms with E-state index >= 15 is 0 Å². The number of alkyl halides is 3. The molecule has 1 N–H and O–H groups in total. The maximum Gasteiger partial charge on any atom is 0.490 e. The Hall–Kier alpha value is -1.36. The first kappa shape index (κ1) is 25.9. The molecular formula is C20H33F3N2O5S. The summed E-state index contributed by atoms with van der Waals surface area (Å²) in [6.45, 7) is 6.60. The lowest BCUT2D eigenvalue weighted by atomic mass is 9.72. The number of hydrogen-bond donors (Lipinski definition) is 1. The highest BCUT2D eigenvalue weighted by atomic mass is 32.2. The molecule has 1 spiro atoms. The molecule has 0 aromatic heterocycles. The Morgan fingerprint density at radius 2 is 1.77 bits per heavy atom. The van der Waals surface area contributed by atoms with Crippen LogP contribution in [0.5, 0.6) is 0 Å². The fraction of sp³-hybridized carbons (Fsp3) is 0.900.